The van der Waals surface area contributed by atoms with Gasteiger partial charge in [0.1, 0.15) is 5.56 Å². The minimum atomic E-state index is -1.01. The zero-order valence-corrected chi connectivity index (χ0v) is 12.9. The summed E-state index contributed by atoms with van der Waals surface area (Å²) in [6.45, 7) is 2.63. The number of fused-ring (bicyclic) bond motifs is 1. The van der Waals surface area contributed by atoms with Gasteiger partial charge >= 0.3 is 5.97 Å². The van der Waals surface area contributed by atoms with Crippen LogP contribution in [-0.4, -0.2) is 42.8 Å². The van der Waals surface area contributed by atoms with Crippen molar-refractivity contribution >= 4 is 28.4 Å². The maximum atomic E-state index is 11.5. The van der Waals surface area contributed by atoms with Crippen LogP contribution in [0.25, 0.3) is 11.0 Å². The van der Waals surface area contributed by atoms with E-state index in [1.165, 1.54) is 6.20 Å². The van der Waals surface area contributed by atoms with Crippen molar-refractivity contribution in [1.29, 1.82) is 0 Å². The van der Waals surface area contributed by atoms with Crippen molar-refractivity contribution in [3.8, 4) is 0 Å². The van der Waals surface area contributed by atoms with Crippen LogP contribution in [0.3, 0.4) is 0 Å². The Morgan fingerprint density at radius 3 is 2.78 bits per heavy atom. The van der Waals surface area contributed by atoms with Crippen molar-refractivity contribution < 1.29 is 15.1 Å². The molecule has 0 amide bonds. The Balaban J connectivity index is 1.96. The summed E-state index contributed by atoms with van der Waals surface area (Å²) >= 11 is 0. The normalized spacial score (nSPS) is 18.1. The monoisotopic (exact) mass is 317 g/mol. The summed E-state index contributed by atoms with van der Waals surface area (Å²) in [5.74, 6) is -1.01. The van der Waals surface area contributed by atoms with Crippen LogP contribution in [0.5, 0.6) is 0 Å². The first-order chi connectivity index (χ1) is 11.1. The number of carboxylic acids is 1. The first-order valence-electron chi connectivity index (χ1n) is 7.68. The molecule has 3 N–H and O–H groups in total. The van der Waals surface area contributed by atoms with E-state index in [-0.39, 0.29) is 11.6 Å². The van der Waals surface area contributed by atoms with Crippen molar-refractivity contribution in [3.63, 3.8) is 0 Å². The van der Waals surface area contributed by atoms with E-state index in [4.69, 9.17) is 5.21 Å². The highest BCUT2D eigenvalue weighted by Gasteiger charge is 2.23. The van der Waals surface area contributed by atoms with E-state index in [2.05, 4.69) is 20.6 Å². The molecular weight excluding hydrogens is 298 g/mol. The van der Waals surface area contributed by atoms with Gasteiger partial charge in [-0.15, -0.1) is 0 Å². The van der Waals surface area contributed by atoms with E-state index in [0.29, 0.717) is 36.1 Å². The molecule has 1 saturated carbocycles. The summed E-state index contributed by atoms with van der Waals surface area (Å²) < 4.78 is 1.74. The lowest BCUT2D eigenvalue weighted by molar-refractivity contribution is 0.0697. The molecule has 23 heavy (non-hydrogen) atoms. The van der Waals surface area contributed by atoms with E-state index >= 15 is 0 Å². The zero-order valence-electron chi connectivity index (χ0n) is 12.9. The largest absolute Gasteiger partial charge is 0.478 e. The molecular formula is C15H19N5O3. The van der Waals surface area contributed by atoms with Crippen molar-refractivity contribution in [2.75, 3.05) is 5.32 Å². The quantitative estimate of drug-likeness (QED) is 0.589. The van der Waals surface area contributed by atoms with Crippen molar-refractivity contribution in [1.82, 2.24) is 14.8 Å². The second-order valence-corrected chi connectivity index (χ2v) is 5.63. The van der Waals surface area contributed by atoms with Gasteiger partial charge in [-0.1, -0.05) is 5.16 Å². The summed E-state index contributed by atoms with van der Waals surface area (Å²) in [5.41, 5.74) is 2.18. The van der Waals surface area contributed by atoms with E-state index in [9.17, 15) is 9.90 Å². The first kappa shape index (κ1) is 15.3. The Kier molecular flexibility index (Phi) is 4.14. The summed E-state index contributed by atoms with van der Waals surface area (Å²) in [6, 6.07) is 0.133. The highest BCUT2D eigenvalue weighted by Crippen LogP contribution is 2.29. The molecule has 1 fully saturated rings. The lowest BCUT2D eigenvalue weighted by atomic mass is 9.93. The first-order valence-corrected chi connectivity index (χ1v) is 7.68. The predicted octanol–water partition coefficient (Wildman–Crippen LogP) is 2.33. The number of hydrogen-bond acceptors (Lipinski definition) is 6. The third kappa shape index (κ3) is 2.84. The smallest absolute Gasteiger partial charge is 0.339 e. The number of aromatic nitrogens is 3. The lowest BCUT2D eigenvalue weighted by Gasteiger charge is -2.25. The third-order valence-electron chi connectivity index (χ3n) is 4.25. The van der Waals surface area contributed by atoms with Crippen LogP contribution >= 0.6 is 0 Å². The van der Waals surface area contributed by atoms with Crippen LogP contribution in [0.1, 0.15) is 43.0 Å². The molecule has 0 aromatic carbocycles. The fourth-order valence-electron chi connectivity index (χ4n) is 2.98. The molecule has 1 aliphatic rings. The second kappa shape index (κ2) is 6.23. The molecule has 2 aromatic rings. The number of carboxylic acid groups (broad SMARTS) is 1. The number of pyridine rings is 1. The van der Waals surface area contributed by atoms with Crippen LogP contribution in [0.15, 0.2) is 17.5 Å². The second-order valence-electron chi connectivity index (χ2n) is 5.63. The van der Waals surface area contributed by atoms with E-state index in [1.807, 2.05) is 6.92 Å². The summed E-state index contributed by atoms with van der Waals surface area (Å²) in [6.07, 6.45) is 6.04. The molecule has 2 aromatic heterocycles. The fraction of sp³-hybridized carbons (Fsp3) is 0.467. The molecule has 8 heteroatoms. The fourth-order valence-corrected chi connectivity index (χ4v) is 2.98. The van der Waals surface area contributed by atoms with E-state index in [0.717, 1.165) is 18.6 Å². The number of carbonyl (C=O) groups is 1. The number of anilines is 1. The van der Waals surface area contributed by atoms with E-state index < -0.39 is 5.97 Å². The number of rotatable bonds is 4. The summed E-state index contributed by atoms with van der Waals surface area (Å²) in [4.78, 5) is 15.8. The number of nitrogens with one attached hydrogen (secondary N) is 1. The molecule has 8 nitrogen and oxygen atoms in total. The summed E-state index contributed by atoms with van der Waals surface area (Å²) in [7, 11) is 0. The Hall–Kier alpha value is -2.64. The molecule has 1 aliphatic carbocycles. The van der Waals surface area contributed by atoms with Crippen LogP contribution in [0.2, 0.25) is 0 Å². The van der Waals surface area contributed by atoms with Crippen molar-refractivity contribution in [3.05, 3.63) is 18.0 Å². The Morgan fingerprint density at radius 2 is 2.17 bits per heavy atom. The van der Waals surface area contributed by atoms with Gasteiger partial charge < -0.3 is 15.6 Å². The molecule has 0 spiro atoms. The van der Waals surface area contributed by atoms with Gasteiger partial charge in [-0.25, -0.2) is 14.5 Å². The van der Waals surface area contributed by atoms with E-state index in [1.54, 1.807) is 10.9 Å². The molecule has 0 bridgehead atoms. The third-order valence-corrected chi connectivity index (χ3v) is 4.25. The van der Waals surface area contributed by atoms with Crippen molar-refractivity contribution in [2.24, 2.45) is 5.16 Å². The van der Waals surface area contributed by atoms with Gasteiger partial charge in [-0.05, 0) is 32.6 Å². The minimum Gasteiger partial charge on any atom is -0.478 e. The lowest BCUT2D eigenvalue weighted by Crippen LogP contribution is -2.27. The minimum absolute atomic E-state index is 0.133. The van der Waals surface area contributed by atoms with Gasteiger partial charge in [0.2, 0.25) is 0 Å². The van der Waals surface area contributed by atoms with Gasteiger partial charge in [0.25, 0.3) is 0 Å². The molecule has 122 valence electrons. The zero-order chi connectivity index (χ0) is 16.4. The SMILES string of the molecule is CCn1ncc2c(NC3CCC(=NO)CC3)c(C(=O)O)cnc21. The number of oxime groups is 1. The van der Waals surface area contributed by atoms with Crippen LogP contribution < -0.4 is 5.32 Å². The maximum Gasteiger partial charge on any atom is 0.339 e. The average molecular weight is 317 g/mol. The number of hydrogen-bond donors (Lipinski definition) is 3. The Morgan fingerprint density at radius 1 is 1.43 bits per heavy atom. The van der Waals surface area contributed by atoms with Gasteiger partial charge in [-0.2, -0.15) is 5.10 Å². The molecule has 0 radical (unpaired) electrons. The Labute approximate surface area is 132 Å². The number of aryl methyl sites for hydroxylation is 1. The van der Waals surface area contributed by atoms with Gasteiger partial charge in [-0.3, -0.25) is 0 Å². The standard InChI is InChI=1S/C15H19N5O3/c1-2-20-14-11(8-17-20)13(12(7-16-14)15(21)22)18-9-3-5-10(19-23)6-4-9/h7-9,23H,2-6H2,1H3,(H,16,18)(H,21,22). The average Bonchev–Trinajstić information content (AvgIpc) is 2.99. The molecule has 0 unspecified atom stereocenters. The molecule has 2 heterocycles. The Bertz CT molecular complexity index is 758. The van der Waals surface area contributed by atoms with Gasteiger partial charge in [0.15, 0.2) is 5.65 Å². The highest BCUT2D eigenvalue weighted by molar-refractivity contribution is 6.03. The van der Waals surface area contributed by atoms with Gasteiger partial charge in [0, 0.05) is 18.8 Å². The maximum absolute atomic E-state index is 11.5. The molecule has 0 aliphatic heterocycles. The van der Waals surface area contributed by atoms with Gasteiger partial charge in [0.05, 0.1) is 23.0 Å². The topological polar surface area (TPSA) is 113 Å². The molecule has 0 saturated heterocycles. The molecule has 0 atom stereocenters. The number of aromatic carboxylic acids is 1. The predicted molar refractivity (Wildman–Crippen MR) is 85.3 cm³/mol. The highest BCUT2D eigenvalue weighted by atomic mass is 16.4. The van der Waals surface area contributed by atoms with Crippen LogP contribution in [0, 0.1) is 0 Å². The molecule has 3 rings (SSSR count). The number of nitrogens with zero attached hydrogens (tertiary/aromatic N) is 4. The van der Waals surface area contributed by atoms with Crippen molar-refractivity contribution in [2.45, 2.75) is 45.2 Å². The van der Waals surface area contributed by atoms with Crippen LogP contribution in [-0.2, 0) is 6.54 Å². The summed E-state index contributed by atoms with van der Waals surface area (Å²) in [5, 5.41) is 29.9. The van der Waals surface area contributed by atoms with Crippen LogP contribution in [0.4, 0.5) is 5.69 Å².